The zero-order chi connectivity index (χ0) is 76.7. The van der Waals surface area contributed by atoms with E-state index in [1.54, 1.807) is 6.92 Å². The van der Waals surface area contributed by atoms with Crippen molar-refractivity contribution in [3.8, 4) is 0 Å². The Bertz CT molecular complexity index is 3010. The van der Waals surface area contributed by atoms with Gasteiger partial charge in [0.15, 0.2) is 43.8 Å². The van der Waals surface area contributed by atoms with Crippen LogP contribution in [0, 0.1) is 50.2 Å². The number of esters is 1. The molecule has 11 fully saturated rings. The first-order valence-electron chi connectivity index (χ1n) is 36.6. The quantitative estimate of drug-likeness (QED) is 0.0344. The second-order valence-electron chi connectivity index (χ2n) is 33.6. The number of aliphatic hydroxyl groups excluding tert-OH is 20. The minimum atomic E-state index is -2.15. The van der Waals surface area contributed by atoms with Crippen LogP contribution in [0.5, 0.6) is 0 Å². The van der Waals surface area contributed by atoms with Gasteiger partial charge in [0, 0.05) is 11.3 Å². The van der Waals surface area contributed by atoms with Gasteiger partial charge in [-0.1, -0.05) is 53.2 Å². The van der Waals surface area contributed by atoms with Gasteiger partial charge >= 0.3 is 5.97 Å². The first-order valence-corrected chi connectivity index (χ1v) is 36.6. The summed E-state index contributed by atoms with van der Waals surface area (Å²) >= 11 is 0. The van der Waals surface area contributed by atoms with E-state index in [1.807, 2.05) is 6.92 Å². The van der Waals surface area contributed by atoms with Gasteiger partial charge in [-0.25, -0.2) is 0 Å². The number of hydrogen-bond donors (Lipinski definition) is 21. The Morgan fingerprint density at radius 3 is 1.68 bits per heavy atom. The maximum absolute atomic E-state index is 15.7. The van der Waals surface area contributed by atoms with Gasteiger partial charge in [-0.3, -0.25) is 4.79 Å². The van der Waals surface area contributed by atoms with Crippen molar-refractivity contribution >= 4 is 5.97 Å². The fourth-order valence-corrected chi connectivity index (χ4v) is 20.3. The molecule has 7 saturated heterocycles. The average molecular weight is 1520 g/mol. The number of aliphatic hydroxyl groups is 21. The van der Waals surface area contributed by atoms with Crippen molar-refractivity contribution in [1.29, 1.82) is 0 Å². The summed E-state index contributed by atoms with van der Waals surface area (Å²) in [6.07, 6.45) is -52.9. The number of rotatable bonds is 18. The molecule has 36 nitrogen and oxygen atoms in total. The molecule has 7 aliphatic heterocycles. The number of hydrogen-bond acceptors (Lipinski definition) is 36. The molecule has 4 saturated carbocycles. The predicted molar refractivity (Wildman–Crippen MR) is 344 cm³/mol. The summed E-state index contributed by atoms with van der Waals surface area (Å²) in [6, 6.07) is 0. The van der Waals surface area contributed by atoms with Crippen LogP contribution in [0.15, 0.2) is 11.6 Å². The SMILES string of the molecule is C[C@@H]1O[C@@H](O[C@H]2[C@H](O)[C@@H](O[C@@H]3OC[C@@H](O)[C@H](O)[C@H]3O)[C@H](O[C@@H]3[C@@H](O)[C@H](C)O[C@@H](O[C@H]4[C@H](OC(=O)[C@]56CCC(C)(C)CC5C5=CC[C@@H]7[C@@]8(C)C[C@H](O)[C@H](O[C@@H]9O[C@H](CO)[C@@H](O)[C@H](O)[C@H]9O[C@@H]9OC[C@](O)(CO)[C@H]9O)[C@@](C)(CO)C8C(O)C[C@@]7(C)[C@]5(C)CC6)OC[C@H](O)[C@@H]4O)[C@@H]3O)O[C@@H]2CO)[C@H](O)[C@H](O)[C@H]1O. The summed E-state index contributed by atoms with van der Waals surface area (Å²) in [7, 11) is 0. The molecule has 0 bridgehead atoms. The summed E-state index contributed by atoms with van der Waals surface area (Å²) in [5.74, 6) is -2.36. The molecule has 0 spiro atoms. The lowest BCUT2D eigenvalue weighted by atomic mass is 9.33. The van der Waals surface area contributed by atoms with E-state index in [0.29, 0.717) is 32.1 Å². The van der Waals surface area contributed by atoms with E-state index in [9.17, 15) is 107 Å². The van der Waals surface area contributed by atoms with Crippen molar-refractivity contribution in [1.82, 2.24) is 0 Å². The van der Waals surface area contributed by atoms with Crippen LogP contribution < -0.4 is 0 Å². The summed E-state index contributed by atoms with van der Waals surface area (Å²) in [6.45, 7) is 9.70. The Hall–Kier alpha value is -2.15. The Morgan fingerprint density at radius 2 is 1.03 bits per heavy atom. The van der Waals surface area contributed by atoms with Crippen molar-refractivity contribution in [2.24, 2.45) is 50.2 Å². The van der Waals surface area contributed by atoms with Crippen molar-refractivity contribution < 1.29 is 178 Å². The molecule has 105 heavy (non-hydrogen) atoms. The Morgan fingerprint density at radius 1 is 0.476 bits per heavy atom. The zero-order valence-electron chi connectivity index (χ0n) is 60.0. The van der Waals surface area contributed by atoms with Gasteiger partial charge in [0.2, 0.25) is 6.29 Å². The van der Waals surface area contributed by atoms with Crippen molar-refractivity contribution in [2.75, 3.05) is 46.2 Å². The second-order valence-corrected chi connectivity index (χ2v) is 33.6. The van der Waals surface area contributed by atoms with E-state index in [0.717, 1.165) is 5.57 Å². The van der Waals surface area contributed by atoms with Crippen LogP contribution in [0.25, 0.3) is 0 Å². The Kier molecular flexibility index (Phi) is 24.0. The molecule has 0 amide bonds. The minimum Gasteiger partial charge on any atom is -0.432 e. The number of carbonyl (C=O) groups excluding carboxylic acids is 1. The topological polar surface area (TPSA) is 571 Å². The molecule has 12 aliphatic rings. The highest BCUT2D eigenvalue weighted by Gasteiger charge is 2.74. The smallest absolute Gasteiger partial charge is 0.315 e. The molecule has 3 unspecified atom stereocenters. The molecule has 7 heterocycles. The third kappa shape index (κ3) is 14.0. The fourth-order valence-electron chi connectivity index (χ4n) is 20.3. The van der Waals surface area contributed by atoms with Crippen LogP contribution in [0.2, 0.25) is 0 Å². The van der Waals surface area contributed by atoms with Crippen molar-refractivity contribution in [2.45, 2.75) is 315 Å². The van der Waals surface area contributed by atoms with Gasteiger partial charge in [0.1, 0.15) is 128 Å². The molecule has 604 valence electrons. The number of ether oxygens (including phenoxy) is 14. The van der Waals surface area contributed by atoms with E-state index in [2.05, 4.69) is 33.8 Å². The second kappa shape index (κ2) is 30.6. The zero-order valence-corrected chi connectivity index (χ0v) is 60.0. The molecular formula is C69H112O36. The molecule has 21 N–H and O–H groups in total. The lowest BCUT2D eigenvalue weighted by molar-refractivity contribution is -0.401. The first kappa shape index (κ1) is 82.3. The molecular weight excluding hydrogens is 1400 g/mol. The van der Waals surface area contributed by atoms with Gasteiger partial charge in [-0.2, -0.15) is 0 Å². The van der Waals surface area contributed by atoms with Crippen LogP contribution in [-0.2, 0) is 71.1 Å². The molecule has 12 rings (SSSR count). The Balaban J connectivity index is 0.782. The van der Waals surface area contributed by atoms with E-state index in [1.165, 1.54) is 13.8 Å². The van der Waals surface area contributed by atoms with Gasteiger partial charge in [-0.05, 0) is 98.7 Å². The molecule has 0 aromatic rings. The maximum atomic E-state index is 15.7. The highest BCUT2D eigenvalue weighted by Crippen LogP contribution is 2.76. The third-order valence-corrected chi connectivity index (χ3v) is 26.6. The molecule has 42 atom stereocenters. The number of fused-ring (bicyclic) bond motifs is 7. The monoisotopic (exact) mass is 1520 g/mol. The highest BCUT2D eigenvalue weighted by atomic mass is 16.8. The predicted octanol–water partition coefficient (Wildman–Crippen LogP) is -7.67. The van der Waals surface area contributed by atoms with Crippen molar-refractivity contribution in [3.63, 3.8) is 0 Å². The molecule has 36 heteroatoms. The van der Waals surface area contributed by atoms with Crippen molar-refractivity contribution in [3.05, 3.63) is 11.6 Å². The highest BCUT2D eigenvalue weighted by molar-refractivity contribution is 5.79. The van der Waals surface area contributed by atoms with Crippen LogP contribution >= 0.6 is 0 Å². The third-order valence-electron chi connectivity index (χ3n) is 26.6. The van der Waals surface area contributed by atoms with Gasteiger partial charge in [0.05, 0.1) is 82.2 Å². The van der Waals surface area contributed by atoms with Gasteiger partial charge < -0.3 is 174 Å². The fraction of sp³-hybridized carbons (Fsp3) is 0.957. The van der Waals surface area contributed by atoms with Crippen LogP contribution in [0.1, 0.15) is 107 Å². The number of carbonyl (C=O) groups is 1. The lowest BCUT2D eigenvalue weighted by Gasteiger charge is -2.72. The van der Waals surface area contributed by atoms with Crippen LogP contribution in [-0.4, -0.2) is 368 Å². The van der Waals surface area contributed by atoms with Gasteiger partial charge in [0.25, 0.3) is 0 Å². The van der Waals surface area contributed by atoms with E-state index < -0.39 is 299 Å². The Labute approximate surface area is 605 Å². The standard InChI is InChI=1S/C69H112O36/c1-25-36(78)41(83)44(86)56(95-25)99-47-34(19-71)98-59(51(45(47)87)101-55-43(85)38(80)31(76)20-92-55)100-48-37(79)26(2)96-57(46(48)88)102-49-39(81)32(77)21-93-58(49)105-62(90)68-13-11-63(3,4)15-28(68)27-9-10-35-64(5)16-30(75)54(65(6,22-72)52(64)29(74)17-67(35,8)66(27,7)12-14-68)104-60-50(42(84)40(82)33(18-70)97-60)103-61-53(89)69(91,23-73)24-94-61/h9,25-26,28-61,70-89,91H,10-24H2,1-8H3/t25-,26-,28?,29?,30-,31+,32-,33+,34+,35+,36-,37-,38-,39-,40+,41+,42-,43+,44+,45-,46+,47+,48+,49+,50+,51+,52?,53-,54-,55-,56-,57-,58-,59-,60-,61-,64+,65-,66+,67+,68-,69+/m0/s1. The average Bonchev–Trinajstić information content (AvgIpc) is 1.11. The summed E-state index contributed by atoms with van der Waals surface area (Å²) in [4.78, 5) is 15.7. The normalized spacial score (nSPS) is 55.8. The lowest BCUT2D eigenvalue weighted by Crippen LogP contribution is -2.72. The van der Waals surface area contributed by atoms with Crippen LogP contribution in [0.3, 0.4) is 0 Å². The summed E-state index contributed by atoms with van der Waals surface area (Å²) < 4.78 is 84.0. The minimum absolute atomic E-state index is 0.00843. The maximum Gasteiger partial charge on any atom is 0.315 e. The number of allylic oxidation sites excluding steroid dienone is 2. The molecule has 5 aliphatic carbocycles. The van der Waals surface area contributed by atoms with Crippen LogP contribution in [0.4, 0.5) is 0 Å². The summed E-state index contributed by atoms with van der Waals surface area (Å²) in [5, 5.41) is 235. The van der Waals surface area contributed by atoms with E-state index >= 15 is 4.79 Å². The molecule has 0 aromatic heterocycles. The van der Waals surface area contributed by atoms with E-state index in [-0.39, 0.29) is 30.6 Å². The largest absolute Gasteiger partial charge is 0.432 e. The summed E-state index contributed by atoms with van der Waals surface area (Å²) in [5.41, 5.74) is -6.81. The van der Waals surface area contributed by atoms with Gasteiger partial charge in [-0.15, -0.1) is 0 Å². The first-order chi connectivity index (χ1) is 49.2. The molecule has 0 aromatic carbocycles. The van der Waals surface area contributed by atoms with E-state index in [4.69, 9.17) is 66.3 Å². The molecule has 0 radical (unpaired) electrons.